The summed E-state index contributed by atoms with van der Waals surface area (Å²) in [5.41, 5.74) is 4.23. The van der Waals surface area contributed by atoms with Crippen molar-refractivity contribution in [3.63, 3.8) is 0 Å². The lowest BCUT2D eigenvalue weighted by atomic mass is 10.1. The van der Waals surface area contributed by atoms with Gasteiger partial charge in [0.1, 0.15) is 5.82 Å². The van der Waals surface area contributed by atoms with E-state index < -0.39 is 0 Å². The van der Waals surface area contributed by atoms with Crippen LogP contribution >= 0.6 is 0 Å². The molecule has 0 fully saturated rings. The summed E-state index contributed by atoms with van der Waals surface area (Å²) in [5.74, 6) is 0.138. The highest BCUT2D eigenvalue weighted by molar-refractivity contribution is 5.96. The van der Waals surface area contributed by atoms with E-state index >= 15 is 0 Å². The molecule has 4 rings (SSSR count). The van der Waals surface area contributed by atoms with Crippen molar-refractivity contribution in [3.05, 3.63) is 60.9 Å². The summed E-state index contributed by atoms with van der Waals surface area (Å²) in [7, 11) is 0. The Morgan fingerprint density at radius 1 is 1.04 bits per heavy atom. The Bertz CT molecular complexity index is 1060. The molecule has 0 radical (unpaired) electrons. The number of ether oxygens (including phenoxy) is 1. The molecular formula is C20H17FN4O. The van der Waals surface area contributed by atoms with E-state index in [9.17, 15) is 4.39 Å². The number of aromatic amines is 1. The van der Waals surface area contributed by atoms with Crippen LogP contribution in [0.25, 0.3) is 33.4 Å². The van der Waals surface area contributed by atoms with Crippen molar-refractivity contribution >= 4 is 10.9 Å². The molecule has 0 amide bonds. The predicted molar refractivity (Wildman–Crippen MR) is 98.3 cm³/mol. The van der Waals surface area contributed by atoms with E-state index in [0.29, 0.717) is 11.6 Å². The minimum atomic E-state index is -0.355. The van der Waals surface area contributed by atoms with Gasteiger partial charge < -0.3 is 9.72 Å². The van der Waals surface area contributed by atoms with E-state index in [0.717, 1.165) is 27.7 Å². The third-order valence-corrected chi connectivity index (χ3v) is 3.95. The molecule has 0 bridgehead atoms. The molecule has 0 saturated carbocycles. The Labute approximate surface area is 149 Å². The van der Waals surface area contributed by atoms with Crippen molar-refractivity contribution in [3.8, 4) is 28.4 Å². The molecule has 0 aliphatic carbocycles. The second-order valence-electron chi connectivity index (χ2n) is 6.23. The van der Waals surface area contributed by atoms with E-state index in [4.69, 9.17) is 4.74 Å². The van der Waals surface area contributed by atoms with Crippen LogP contribution in [0.1, 0.15) is 13.8 Å². The van der Waals surface area contributed by atoms with Crippen LogP contribution in [0, 0.1) is 5.82 Å². The van der Waals surface area contributed by atoms with Gasteiger partial charge in [-0.2, -0.15) is 0 Å². The molecule has 1 N–H and O–H groups in total. The Morgan fingerprint density at radius 2 is 1.92 bits per heavy atom. The first-order chi connectivity index (χ1) is 12.6. The molecule has 0 spiro atoms. The van der Waals surface area contributed by atoms with Crippen LogP contribution in [0.4, 0.5) is 4.39 Å². The first-order valence-electron chi connectivity index (χ1n) is 8.32. The van der Waals surface area contributed by atoms with Gasteiger partial charge in [-0.3, -0.25) is 9.97 Å². The number of aromatic nitrogens is 4. The average molecular weight is 348 g/mol. The predicted octanol–water partition coefficient (Wildman–Crippen LogP) is 4.61. The van der Waals surface area contributed by atoms with Gasteiger partial charge >= 0.3 is 0 Å². The number of hydrogen-bond acceptors (Lipinski definition) is 4. The van der Waals surface area contributed by atoms with Crippen LogP contribution in [0.2, 0.25) is 0 Å². The van der Waals surface area contributed by atoms with Crippen molar-refractivity contribution in [1.82, 2.24) is 19.9 Å². The summed E-state index contributed by atoms with van der Waals surface area (Å²) in [4.78, 5) is 16.2. The first-order valence-corrected chi connectivity index (χ1v) is 8.32. The molecular weight excluding hydrogens is 331 g/mol. The maximum absolute atomic E-state index is 13.2. The smallest absolute Gasteiger partial charge is 0.233 e. The fourth-order valence-electron chi connectivity index (χ4n) is 2.81. The van der Waals surface area contributed by atoms with Crippen LogP contribution in [0.3, 0.4) is 0 Å². The van der Waals surface area contributed by atoms with Crippen LogP contribution in [-0.2, 0) is 0 Å². The minimum absolute atomic E-state index is 0.0304. The number of nitrogens with zero attached hydrogens (tertiary/aromatic N) is 3. The third kappa shape index (κ3) is 3.13. The largest absolute Gasteiger partial charge is 0.474 e. The molecule has 0 aliphatic rings. The van der Waals surface area contributed by atoms with Gasteiger partial charge in [-0.25, -0.2) is 9.37 Å². The van der Waals surface area contributed by atoms with Crippen molar-refractivity contribution < 1.29 is 9.13 Å². The van der Waals surface area contributed by atoms with E-state index in [1.165, 1.54) is 12.3 Å². The van der Waals surface area contributed by atoms with Crippen molar-refractivity contribution in [2.24, 2.45) is 0 Å². The summed E-state index contributed by atoms with van der Waals surface area (Å²) in [6.07, 6.45) is 6.43. The van der Waals surface area contributed by atoms with Gasteiger partial charge in [0, 0.05) is 28.2 Å². The van der Waals surface area contributed by atoms with Crippen LogP contribution in [0.5, 0.6) is 5.88 Å². The number of pyridine rings is 1. The quantitative estimate of drug-likeness (QED) is 0.585. The molecule has 0 saturated heterocycles. The second kappa shape index (κ2) is 6.55. The molecule has 5 nitrogen and oxygen atoms in total. The standard InChI is InChI=1S/C20H17FN4O/c1-12(2)26-20-11-22-10-19(25-20)13-3-5-17-15(7-13)16(9-24-17)18-6-4-14(21)8-23-18/h3-12,24H,1-2H3. The third-order valence-electron chi connectivity index (χ3n) is 3.95. The molecule has 1 aromatic carbocycles. The Hall–Kier alpha value is -3.28. The Kier molecular flexibility index (Phi) is 4.08. The molecule has 0 unspecified atom stereocenters. The van der Waals surface area contributed by atoms with Crippen LogP contribution in [0.15, 0.2) is 55.1 Å². The number of H-pyrrole nitrogens is 1. The number of halogens is 1. The zero-order chi connectivity index (χ0) is 18.1. The summed E-state index contributed by atoms with van der Waals surface area (Å²) in [6.45, 7) is 3.89. The average Bonchev–Trinajstić information content (AvgIpc) is 3.05. The minimum Gasteiger partial charge on any atom is -0.474 e. The van der Waals surface area contributed by atoms with E-state index in [-0.39, 0.29) is 11.9 Å². The monoisotopic (exact) mass is 348 g/mol. The normalized spacial score (nSPS) is 11.2. The van der Waals surface area contributed by atoms with E-state index in [2.05, 4.69) is 19.9 Å². The fourth-order valence-corrected chi connectivity index (χ4v) is 2.81. The number of rotatable bonds is 4. The van der Waals surface area contributed by atoms with Gasteiger partial charge in [0.15, 0.2) is 0 Å². The van der Waals surface area contributed by atoms with Crippen molar-refractivity contribution in [2.75, 3.05) is 0 Å². The Morgan fingerprint density at radius 3 is 2.69 bits per heavy atom. The second-order valence-corrected chi connectivity index (χ2v) is 6.23. The maximum atomic E-state index is 13.2. The fraction of sp³-hybridized carbons (Fsp3) is 0.150. The van der Waals surface area contributed by atoms with Crippen LogP contribution < -0.4 is 4.74 Å². The topological polar surface area (TPSA) is 63.7 Å². The van der Waals surface area contributed by atoms with Crippen molar-refractivity contribution in [2.45, 2.75) is 20.0 Å². The van der Waals surface area contributed by atoms with Gasteiger partial charge in [-0.15, -0.1) is 0 Å². The maximum Gasteiger partial charge on any atom is 0.233 e. The van der Waals surface area contributed by atoms with Gasteiger partial charge in [0.2, 0.25) is 5.88 Å². The Balaban J connectivity index is 1.78. The summed E-state index contributed by atoms with van der Waals surface area (Å²) in [5, 5.41) is 0.985. The highest BCUT2D eigenvalue weighted by Crippen LogP contribution is 2.31. The lowest BCUT2D eigenvalue weighted by molar-refractivity contribution is 0.232. The molecule has 26 heavy (non-hydrogen) atoms. The summed E-state index contributed by atoms with van der Waals surface area (Å²) < 4.78 is 18.8. The highest BCUT2D eigenvalue weighted by atomic mass is 19.1. The molecule has 0 atom stereocenters. The molecule has 6 heteroatoms. The van der Waals surface area contributed by atoms with Gasteiger partial charge in [-0.1, -0.05) is 6.07 Å². The number of benzene rings is 1. The van der Waals surface area contributed by atoms with Crippen LogP contribution in [-0.4, -0.2) is 26.0 Å². The van der Waals surface area contributed by atoms with E-state index in [1.54, 1.807) is 18.5 Å². The van der Waals surface area contributed by atoms with Gasteiger partial charge in [0.25, 0.3) is 0 Å². The molecule has 0 aliphatic heterocycles. The summed E-state index contributed by atoms with van der Waals surface area (Å²) >= 11 is 0. The zero-order valence-electron chi connectivity index (χ0n) is 14.4. The number of fused-ring (bicyclic) bond motifs is 1. The number of nitrogens with one attached hydrogen (secondary N) is 1. The molecule has 3 aromatic heterocycles. The SMILES string of the molecule is CC(C)Oc1cncc(-c2ccc3[nH]cc(-c4ccc(F)cn4)c3c2)n1. The summed E-state index contributed by atoms with van der Waals surface area (Å²) in [6, 6.07) is 9.05. The van der Waals surface area contributed by atoms with Gasteiger partial charge in [0.05, 0.1) is 36.1 Å². The first kappa shape index (κ1) is 16.2. The lowest BCUT2D eigenvalue weighted by Gasteiger charge is -2.09. The lowest BCUT2D eigenvalue weighted by Crippen LogP contribution is -2.07. The molecule has 3 heterocycles. The molecule has 130 valence electrons. The number of hydrogen-bond donors (Lipinski definition) is 1. The van der Waals surface area contributed by atoms with Gasteiger partial charge in [-0.05, 0) is 38.1 Å². The van der Waals surface area contributed by atoms with Crippen molar-refractivity contribution in [1.29, 1.82) is 0 Å². The zero-order valence-corrected chi connectivity index (χ0v) is 14.4. The highest BCUT2D eigenvalue weighted by Gasteiger charge is 2.11. The molecule has 4 aromatic rings. The van der Waals surface area contributed by atoms with E-state index in [1.807, 2.05) is 38.2 Å².